The Bertz CT molecular complexity index is 733. The van der Waals surface area contributed by atoms with Crippen molar-refractivity contribution < 1.29 is 24.3 Å². The van der Waals surface area contributed by atoms with Gasteiger partial charge in [0.1, 0.15) is 11.9 Å². The summed E-state index contributed by atoms with van der Waals surface area (Å²) in [6, 6.07) is 4.29. The maximum Gasteiger partial charge on any atom is 0.272 e. The van der Waals surface area contributed by atoms with Crippen LogP contribution in [-0.4, -0.2) is 52.8 Å². The van der Waals surface area contributed by atoms with Crippen molar-refractivity contribution in [3.63, 3.8) is 0 Å². The third-order valence-corrected chi connectivity index (χ3v) is 5.39. The molecule has 0 spiro atoms. The number of carbonyl (C=O) groups is 2. The largest absolute Gasteiger partial charge is 0.382 e. The first kappa shape index (κ1) is 22.5. The summed E-state index contributed by atoms with van der Waals surface area (Å²) in [4.78, 5) is 26.7. The predicted octanol–water partition coefficient (Wildman–Crippen LogP) is 1.65. The van der Waals surface area contributed by atoms with Crippen molar-refractivity contribution in [3.8, 4) is 0 Å². The van der Waals surface area contributed by atoms with Crippen LogP contribution in [0.5, 0.6) is 0 Å². The van der Waals surface area contributed by atoms with Crippen molar-refractivity contribution in [2.24, 2.45) is 11.8 Å². The van der Waals surface area contributed by atoms with Crippen LogP contribution >= 0.6 is 11.6 Å². The standard InChI is InChI=1S/C19H27ClFN3O4/c1-11(2)8-13(16(25)17(26)23-28)18(27)24-7-6-22-10-19(24,3)14-5-4-12(20)9-15(14)21/h4-5,9,11,13,16,22,25,28H,6-8,10H2,1-3H3,(H,23,26)/t13-,16-,19-/m0/s1. The first-order valence-corrected chi connectivity index (χ1v) is 9.59. The van der Waals surface area contributed by atoms with Crippen LogP contribution in [0.15, 0.2) is 18.2 Å². The number of benzene rings is 1. The monoisotopic (exact) mass is 415 g/mol. The van der Waals surface area contributed by atoms with Gasteiger partial charge in [-0.2, -0.15) is 0 Å². The fraction of sp³-hybridized carbons (Fsp3) is 0.579. The minimum Gasteiger partial charge on any atom is -0.382 e. The number of rotatable bonds is 6. The van der Waals surface area contributed by atoms with E-state index in [9.17, 15) is 19.1 Å². The normalized spacial score (nSPS) is 22.1. The molecule has 1 fully saturated rings. The van der Waals surface area contributed by atoms with Gasteiger partial charge in [-0.1, -0.05) is 31.5 Å². The topological polar surface area (TPSA) is 102 Å². The lowest BCUT2D eigenvalue weighted by atomic mass is 9.84. The minimum atomic E-state index is -1.71. The van der Waals surface area contributed by atoms with Crippen molar-refractivity contribution in [1.29, 1.82) is 0 Å². The highest BCUT2D eigenvalue weighted by atomic mass is 35.5. The summed E-state index contributed by atoms with van der Waals surface area (Å²) in [6.07, 6.45) is -1.48. The molecule has 1 saturated heterocycles. The zero-order valence-electron chi connectivity index (χ0n) is 16.2. The number of hydrogen-bond acceptors (Lipinski definition) is 5. The van der Waals surface area contributed by atoms with E-state index < -0.39 is 35.2 Å². The Hall–Kier alpha value is -1.74. The number of piperazine rings is 1. The van der Waals surface area contributed by atoms with Gasteiger partial charge < -0.3 is 15.3 Å². The van der Waals surface area contributed by atoms with Crippen LogP contribution in [0, 0.1) is 17.7 Å². The summed E-state index contributed by atoms with van der Waals surface area (Å²) in [5, 5.41) is 22.6. The molecular weight excluding hydrogens is 389 g/mol. The Labute approximate surface area is 168 Å². The van der Waals surface area contributed by atoms with E-state index in [0.29, 0.717) is 18.7 Å². The molecule has 0 unspecified atom stereocenters. The number of amides is 2. The van der Waals surface area contributed by atoms with Crippen LogP contribution < -0.4 is 10.8 Å². The molecular formula is C19H27ClFN3O4. The molecule has 1 aromatic rings. The van der Waals surface area contributed by atoms with E-state index in [1.54, 1.807) is 19.1 Å². The SMILES string of the molecule is CC(C)C[C@H](C(=O)N1CCNC[C@@]1(C)c1ccc(Cl)cc1F)[C@H](O)C(=O)NO. The maximum atomic E-state index is 14.7. The van der Waals surface area contributed by atoms with Crippen LogP contribution in [0.3, 0.4) is 0 Å². The first-order chi connectivity index (χ1) is 13.1. The molecule has 7 nitrogen and oxygen atoms in total. The van der Waals surface area contributed by atoms with Crippen molar-refractivity contribution in [2.75, 3.05) is 19.6 Å². The predicted molar refractivity (Wildman–Crippen MR) is 102 cm³/mol. The molecule has 4 N–H and O–H groups in total. The Morgan fingerprint density at radius 3 is 2.68 bits per heavy atom. The van der Waals surface area contributed by atoms with E-state index in [-0.39, 0.29) is 23.9 Å². The number of carbonyl (C=O) groups excluding carboxylic acids is 2. The van der Waals surface area contributed by atoms with Crippen LogP contribution in [0.2, 0.25) is 5.02 Å². The number of aliphatic hydroxyl groups is 1. The molecule has 3 atom stereocenters. The van der Waals surface area contributed by atoms with E-state index in [4.69, 9.17) is 16.8 Å². The van der Waals surface area contributed by atoms with Gasteiger partial charge in [0.2, 0.25) is 5.91 Å². The number of hydroxylamine groups is 1. The third kappa shape index (κ3) is 4.63. The molecule has 0 radical (unpaired) electrons. The Morgan fingerprint density at radius 1 is 1.43 bits per heavy atom. The molecule has 0 bridgehead atoms. The Balaban J connectivity index is 2.44. The molecule has 0 aliphatic carbocycles. The maximum absolute atomic E-state index is 14.7. The van der Waals surface area contributed by atoms with Gasteiger partial charge in [-0.3, -0.25) is 14.8 Å². The van der Waals surface area contributed by atoms with Crippen LogP contribution in [0.4, 0.5) is 4.39 Å². The number of hydrogen-bond donors (Lipinski definition) is 4. The number of nitrogens with one attached hydrogen (secondary N) is 2. The smallest absolute Gasteiger partial charge is 0.272 e. The molecule has 1 aromatic carbocycles. The Kier molecular flexibility index (Phi) is 7.39. The number of aliphatic hydroxyl groups excluding tert-OH is 1. The highest BCUT2D eigenvalue weighted by molar-refractivity contribution is 6.30. The van der Waals surface area contributed by atoms with E-state index in [2.05, 4.69) is 5.32 Å². The Morgan fingerprint density at radius 2 is 2.11 bits per heavy atom. The van der Waals surface area contributed by atoms with Gasteiger partial charge in [0.25, 0.3) is 5.91 Å². The zero-order valence-corrected chi connectivity index (χ0v) is 17.0. The molecule has 1 heterocycles. The molecule has 156 valence electrons. The number of halogens is 2. The van der Waals surface area contributed by atoms with Crippen molar-refractivity contribution in [1.82, 2.24) is 15.7 Å². The van der Waals surface area contributed by atoms with Gasteiger partial charge in [-0.25, -0.2) is 9.87 Å². The van der Waals surface area contributed by atoms with Crippen LogP contribution in [0.1, 0.15) is 32.8 Å². The van der Waals surface area contributed by atoms with E-state index in [1.807, 2.05) is 13.8 Å². The summed E-state index contributed by atoms with van der Waals surface area (Å²) in [7, 11) is 0. The minimum absolute atomic E-state index is 0.0107. The van der Waals surface area contributed by atoms with Gasteiger partial charge >= 0.3 is 0 Å². The summed E-state index contributed by atoms with van der Waals surface area (Å²) >= 11 is 5.86. The average Bonchev–Trinajstić information content (AvgIpc) is 2.64. The van der Waals surface area contributed by atoms with E-state index in [0.717, 1.165) is 0 Å². The molecule has 2 rings (SSSR count). The van der Waals surface area contributed by atoms with Gasteiger partial charge in [-0.05, 0) is 31.4 Å². The summed E-state index contributed by atoms with van der Waals surface area (Å²) < 4.78 is 14.7. The highest BCUT2D eigenvalue weighted by Gasteiger charge is 2.45. The van der Waals surface area contributed by atoms with Gasteiger partial charge in [-0.15, -0.1) is 0 Å². The number of nitrogens with zero attached hydrogens (tertiary/aromatic N) is 1. The zero-order chi connectivity index (χ0) is 21.1. The summed E-state index contributed by atoms with van der Waals surface area (Å²) in [5.74, 6) is -3.11. The fourth-order valence-corrected chi connectivity index (χ4v) is 3.87. The van der Waals surface area contributed by atoms with Crippen molar-refractivity contribution in [2.45, 2.75) is 38.8 Å². The van der Waals surface area contributed by atoms with Crippen LogP contribution in [-0.2, 0) is 15.1 Å². The molecule has 2 amide bonds. The van der Waals surface area contributed by atoms with Gasteiger partial charge in [0.15, 0.2) is 0 Å². The molecule has 9 heteroatoms. The van der Waals surface area contributed by atoms with Crippen LogP contribution in [0.25, 0.3) is 0 Å². The van der Waals surface area contributed by atoms with Crippen molar-refractivity contribution in [3.05, 3.63) is 34.6 Å². The molecule has 1 aliphatic heterocycles. The second-order valence-corrected chi connectivity index (χ2v) is 8.16. The lowest BCUT2D eigenvalue weighted by Gasteiger charge is -2.47. The van der Waals surface area contributed by atoms with Gasteiger partial charge in [0.05, 0.1) is 11.5 Å². The molecule has 0 saturated carbocycles. The van der Waals surface area contributed by atoms with E-state index in [1.165, 1.54) is 16.4 Å². The first-order valence-electron chi connectivity index (χ1n) is 9.21. The van der Waals surface area contributed by atoms with Gasteiger partial charge in [0, 0.05) is 30.2 Å². The summed E-state index contributed by atoms with van der Waals surface area (Å²) in [6.45, 7) is 6.52. The fourth-order valence-electron chi connectivity index (χ4n) is 3.71. The second kappa shape index (κ2) is 9.17. The average molecular weight is 416 g/mol. The lowest BCUT2D eigenvalue weighted by molar-refractivity contribution is -0.156. The van der Waals surface area contributed by atoms with Crippen molar-refractivity contribution >= 4 is 23.4 Å². The summed E-state index contributed by atoms with van der Waals surface area (Å²) in [5.41, 5.74) is 0.658. The lowest BCUT2D eigenvalue weighted by Crippen LogP contribution is -2.62. The highest BCUT2D eigenvalue weighted by Crippen LogP contribution is 2.35. The quantitative estimate of drug-likeness (QED) is 0.418. The van der Waals surface area contributed by atoms with E-state index >= 15 is 0 Å². The molecule has 28 heavy (non-hydrogen) atoms. The third-order valence-electron chi connectivity index (χ3n) is 5.16. The molecule has 0 aromatic heterocycles. The molecule has 1 aliphatic rings. The second-order valence-electron chi connectivity index (χ2n) is 7.72.